The Labute approximate surface area is 124 Å². The van der Waals surface area contributed by atoms with E-state index in [1.54, 1.807) is 23.0 Å². The second-order valence-corrected chi connectivity index (χ2v) is 4.97. The first kappa shape index (κ1) is 15.2. The van der Waals surface area contributed by atoms with Crippen LogP contribution in [0.3, 0.4) is 0 Å². The number of aryl methyl sites for hydroxylation is 1. The lowest BCUT2D eigenvalue weighted by Crippen LogP contribution is -2.49. The first-order valence-electron chi connectivity index (χ1n) is 6.88. The second-order valence-electron chi connectivity index (χ2n) is 4.97. The molecular formula is C15H20N2O4. The number of piperazine rings is 1. The Balaban J connectivity index is 1.88. The summed E-state index contributed by atoms with van der Waals surface area (Å²) < 4.78 is 10.8. The highest BCUT2D eigenvalue weighted by molar-refractivity contribution is 5.78. The van der Waals surface area contributed by atoms with Crippen molar-refractivity contribution in [1.29, 1.82) is 0 Å². The van der Waals surface area contributed by atoms with Crippen LogP contribution in [0, 0.1) is 6.92 Å². The minimum Gasteiger partial charge on any atom is -0.493 e. The predicted molar refractivity (Wildman–Crippen MR) is 77.4 cm³/mol. The first-order chi connectivity index (χ1) is 10.1. The van der Waals surface area contributed by atoms with E-state index < -0.39 is 0 Å². The number of benzene rings is 1. The van der Waals surface area contributed by atoms with Crippen LogP contribution in [0.1, 0.15) is 5.56 Å². The molecule has 1 aromatic rings. The number of rotatable bonds is 5. The molecule has 0 bridgehead atoms. The molecule has 1 aromatic carbocycles. The summed E-state index contributed by atoms with van der Waals surface area (Å²) in [5, 5.41) is 0. The number of hydrogen-bond donors (Lipinski definition) is 0. The van der Waals surface area contributed by atoms with Gasteiger partial charge in [-0.05, 0) is 24.6 Å². The molecule has 0 aromatic heterocycles. The highest BCUT2D eigenvalue weighted by atomic mass is 16.5. The van der Waals surface area contributed by atoms with Crippen LogP contribution < -0.4 is 9.47 Å². The van der Waals surface area contributed by atoms with Gasteiger partial charge in [0.25, 0.3) is 5.91 Å². The molecule has 0 aliphatic carbocycles. The molecule has 0 unspecified atom stereocenters. The molecule has 114 valence electrons. The third kappa shape index (κ3) is 3.87. The number of carbonyl (C=O) groups is 2. The van der Waals surface area contributed by atoms with E-state index >= 15 is 0 Å². The van der Waals surface area contributed by atoms with Crippen molar-refractivity contribution in [2.45, 2.75) is 6.92 Å². The lowest BCUT2D eigenvalue weighted by molar-refractivity contribution is -0.137. The molecule has 6 nitrogen and oxygen atoms in total. The molecule has 1 aliphatic heterocycles. The van der Waals surface area contributed by atoms with E-state index in [0.717, 1.165) is 12.0 Å². The van der Waals surface area contributed by atoms with Gasteiger partial charge in [0.1, 0.15) is 0 Å². The molecule has 1 heterocycles. The molecule has 1 saturated heterocycles. The Bertz CT molecular complexity index is 510. The first-order valence-corrected chi connectivity index (χ1v) is 6.88. The average Bonchev–Trinajstić information content (AvgIpc) is 2.53. The number of methoxy groups -OCH3 is 1. The Kier molecular flexibility index (Phi) is 5.03. The van der Waals surface area contributed by atoms with Gasteiger partial charge in [-0.25, -0.2) is 0 Å². The fourth-order valence-electron chi connectivity index (χ4n) is 2.20. The molecule has 0 saturated carbocycles. The van der Waals surface area contributed by atoms with Gasteiger partial charge in [0.05, 0.1) is 7.11 Å². The molecular weight excluding hydrogens is 272 g/mol. The Hall–Kier alpha value is -2.24. The fraction of sp³-hybridized carbons (Fsp3) is 0.467. The quantitative estimate of drug-likeness (QED) is 0.749. The summed E-state index contributed by atoms with van der Waals surface area (Å²) in [6.07, 6.45) is 0.815. The zero-order chi connectivity index (χ0) is 15.2. The topological polar surface area (TPSA) is 59.1 Å². The van der Waals surface area contributed by atoms with Gasteiger partial charge >= 0.3 is 0 Å². The van der Waals surface area contributed by atoms with E-state index in [0.29, 0.717) is 37.7 Å². The maximum atomic E-state index is 12.1. The van der Waals surface area contributed by atoms with Gasteiger partial charge in [0.15, 0.2) is 18.1 Å². The number of ether oxygens (including phenoxy) is 2. The van der Waals surface area contributed by atoms with E-state index in [1.807, 2.05) is 19.1 Å². The van der Waals surface area contributed by atoms with Crippen molar-refractivity contribution in [3.8, 4) is 11.5 Å². The maximum Gasteiger partial charge on any atom is 0.260 e. The molecule has 0 radical (unpaired) electrons. The normalized spacial score (nSPS) is 14.8. The lowest BCUT2D eigenvalue weighted by Gasteiger charge is -2.32. The Morgan fingerprint density at radius 3 is 2.57 bits per heavy atom. The zero-order valence-corrected chi connectivity index (χ0v) is 12.4. The minimum atomic E-state index is -0.0804. The number of carbonyl (C=O) groups excluding carboxylic acids is 2. The van der Waals surface area contributed by atoms with Gasteiger partial charge in [-0.1, -0.05) is 6.07 Å². The third-order valence-corrected chi connectivity index (χ3v) is 3.49. The monoisotopic (exact) mass is 292 g/mol. The zero-order valence-electron chi connectivity index (χ0n) is 12.4. The summed E-state index contributed by atoms with van der Waals surface area (Å²) in [4.78, 5) is 26.1. The van der Waals surface area contributed by atoms with Crippen LogP contribution >= 0.6 is 0 Å². The van der Waals surface area contributed by atoms with Crippen LogP contribution in [0.5, 0.6) is 11.5 Å². The summed E-state index contributed by atoms with van der Waals surface area (Å²) in [6, 6.07) is 5.57. The smallest absolute Gasteiger partial charge is 0.260 e. The third-order valence-electron chi connectivity index (χ3n) is 3.49. The van der Waals surface area contributed by atoms with Crippen LogP contribution in [0.25, 0.3) is 0 Å². The van der Waals surface area contributed by atoms with Crippen LogP contribution in [-0.2, 0) is 9.59 Å². The van der Waals surface area contributed by atoms with E-state index in [-0.39, 0.29) is 12.5 Å². The van der Waals surface area contributed by atoms with Crippen molar-refractivity contribution in [2.24, 2.45) is 0 Å². The molecule has 0 atom stereocenters. The molecule has 0 N–H and O–H groups in total. The molecule has 2 amide bonds. The average molecular weight is 292 g/mol. The van der Waals surface area contributed by atoms with E-state index in [1.165, 1.54) is 0 Å². The van der Waals surface area contributed by atoms with Crippen LogP contribution in [-0.4, -0.2) is 62.0 Å². The van der Waals surface area contributed by atoms with Gasteiger partial charge in [0, 0.05) is 26.2 Å². The standard InChI is InChI=1S/C15H20N2O4/c1-12-3-4-13(14(9-12)20-2)21-10-15(19)17-7-5-16(11-18)6-8-17/h3-4,9,11H,5-8,10H2,1-2H3. The van der Waals surface area contributed by atoms with Crippen molar-refractivity contribution < 1.29 is 19.1 Å². The lowest BCUT2D eigenvalue weighted by atomic mass is 10.2. The van der Waals surface area contributed by atoms with Gasteiger partial charge in [-0.2, -0.15) is 0 Å². The molecule has 6 heteroatoms. The van der Waals surface area contributed by atoms with Crippen molar-refractivity contribution in [1.82, 2.24) is 9.80 Å². The molecule has 1 fully saturated rings. The van der Waals surface area contributed by atoms with Crippen molar-refractivity contribution in [3.05, 3.63) is 23.8 Å². The molecule has 2 rings (SSSR count). The van der Waals surface area contributed by atoms with Crippen molar-refractivity contribution >= 4 is 12.3 Å². The van der Waals surface area contributed by atoms with Crippen LogP contribution in [0.15, 0.2) is 18.2 Å². The van der Waals surface area contributed by atoms with Crippen molar-refractivity contribution in [3.63, 3.8) is 0 Å². The number of hydrogen-bond acceptors (Lipinski definition) is 4. The van der Waals surface area contributed by atoms with E-state index in [4.69, 9.17) is 9.47 Å². The van der Waals surface area contributed by atoms with Gasteiger partial charge in [0.2, 0.25) is 6.41 Å². The van der Waals surface area contributed by atoms with E-state index in [9.17, 15) is 9.59 Å². The van der Waals surface area contributed by atoms with Crippen LogP contribution in [0.4, 0.5) is 0 Å². The highest BCUT2D eigenvalue weighted by Crippen LogP contribution is 2.27. The van der Waals surface area contributed by atoms with Crippen molar-refractivity contribution in [2.75, 3.05) is 39.9 Å². The fourth-order valence-corrected chi connectivity index (χ4v) is 2.20. The van der Waals surface area contributed by atoms with Gasteiger partial charge < -0.3 is 19.3 Å². The second kappa shape index (κ2) is 6.97. The molecule has 1 aliphatic rings. The Morgan fingerprint density at radius 1 is 1.24 bits per heavy atom. The minimum absolute atomic E-state index is 0.0273. The molecule has 21 heavy (non-hydrogen) atoms. The number of amides is 2. The SMILES string of the molecule is COc1cc(C)ccc1OCC(=O)N1CCN(C=O)CC1. The Morgan fingerprint density at radius 2 is 1.95 bits per heavy atom. The predicted octanol–water partition coefficient (Wildman–Crippen LogP) is 0.683. The highest BCUT2D eigenvalue weighted by Gasteiger charge is 2.20. The summed E-state index contributed by atoms with van der Waals surface area (Å²) in [5.41, 5.74) is 1.07. The summed E-state index contributed by atoms with van der Waals surface area (Å²) in [7, 11) is 1.57. The van der Waals surface area contributed by atoms with E-state index in [2.05, 4.69) is 0 Å². The number of nitrogens with zero attached hydrogens (tertiary/aromatic N) is 2. The summed E-state index contributed by atoms with van der Waals surface area (Å²) in [5.74, 6) is 1.10. The van der Waals surface area contributed by atoms with Gasteiger partial charge in [-0.3, -0.25) is 9.59 Å². The maximum absolute atomic E-state index is 12.1. The van der Waals surface area contributed by atoms with Gasteiger partial charge in [-0.15, -0.1) is 0 Å². The summed E-state index contributed by atoms with van der Waals surface area (Å²) in [6.45, 7) is 4.18. The van der Waals surface area contributed by atoms with Crippen LogP contribution in [0.2, 0.25) is 0 Å². The molecule has 0 spiro atoms. The largest absolute Gasteiger partial charge is 0.493 e. The summed E-state index contributed by atoms with van der Waals surface area (Å²) >= 11 is 0.